The number of carbonyl (C=O) groups excluding carboxylic acids is 2. The quantitative estimate of drug-likeness (QED) is 0.0483. The SMILES string of the molecule is C1CCNCC1.O=C(/C=C/CBr)Nc1cc2c(Nc3ccc(F)c(Cl)c3)ncnc2cc1OC1CC2CCC(C1)O2.O=C(/C=C/CN1CCCCC1)Nc1cc2c(Nc3ccc(F)c(Cl)c3)ncnc2cc1OC1CC2CCC(C1)O2. The van der Waals surface area contributed by atoms with Gasteiger partial charge in [0, 0.05) is 84.0 Å². The van der Waals surface area contributed by atoms with E-state index in [4.69, 9.17) is 42.1 Å². The summed E-state index contributed by atoms with van der Waals surface area (Å²) in [5, 5.41) is 17.5. The second-order valence-electron chi connectivity index (χ2n) is 21.1. The summed E-state index contributed by atoms with van der Waals surface area (Å²) in [6.45, 7) is 5.38. The van der Waals surface area contributed by atoms with Gasteiger partial charge >= 0.3 is 0 Å². The monoisotopic (exact) mass is 1210 g/mol. The molecule has 4 bridgehead atoms. The van der Waals surface area contributed by atoms with Crippen molar-refractivity contribution in [2.75, 3.05) is 59.3 Å². The molecule has 5 N–H and O–H groups in total. The van der Waals surface area contributed by atoms with Crippen molar-refractivity contribution < 1.29 is 37.3 Å². The molecule has 0 spiro atoms. The van der Waals surface area contributed by atoms with Crippen LogP contribution in [0.25, 0.3) is 21.8 Å². The van der Waals surface area contributed by atoms with Gasteiger partial charge in [-0.1, -0.05) is 64.1 Å². The Kier molecular flexibility index (Phi) is 20.3. The first kappa shape index (κ1) is 58.1. The molecule has 6 aliphatic heterocycles. The van der Waals surface area contributed by atoms with E-state index in [0.29, 0.717) is 73.0 Å². The largest absolute Gasteiger partial charge is 0.488 e. The fourth-order valence-electron chi connectivity index (χ4n) is 11.1. The predicted octanol–water partition coefficient (Wildman–Crippen LogP) is 13.1. The highest BCUT2D eigenvalue weighted by Gasteiger charge is 2.38. The van der Waals surface area contributed by atoms with E-state index in [1.165, 1.54) is 94.6 Å². The first-order valence-corrected chi connectivity index (χ1v) is 30.0. The van der Waals surface area contributed by atoms with Crippen molar-refractivity contribution in [2.45, 2.75) is 127 Å². The molecule has 81 heavy (non-hydrogen) atoms. The van der Waals surface area contributed by atoms with Gasteiger partial charge in [0.25, 0.3) is 0 Å². The molecule has 2 amide bonds. The number of carbonyl (C=O) groups is 2. The Labute approximate surface area is 488 Å². The van der Waals surface area contributed by atoms with Gasteiger partial charge in [0.1, 0.15) is 59.6 Å². The molecule has 4 atom stereocenters. The maximum atomic E-state index is 13.7. The number of alkyl halides is 1. The number of allylic oxidation sites excluding steroid dienone is 1. The molecule has 4 unspecified atom stereocenters. The van der Waals surface area contributed by atoms with Crippen LogP contribution in [0, 0.1) is 11.6 Å². The molecule has 0 radical (unpaired) electrons. The summed E-state index contributed by atoms with van der Waals surface area (Å²) in [5.41, 5.74) is 3.48. The number of fused-ring (bicyclic) bond motifs is 6. The van der Waals surface area contributed by atoms with E-state index < -0.39 is 11.6 Å². The van der Waals surface area contributed by atoms with Gasteiger partial charge in [0.15, 0.2) is 0 Å². The number of amides is 2. The summed E-state index contributed by atoms with van der Waals surface area (Å²) >= 11 is 15.2. The van der Waals surface area contributed by atoms with Crippen LogP contribution in [0.5, 0.6) is 11.5 Å². The Morgan fingerprint density at radius 1 is 0.630 bits per heavy atom. The third-order valence-electron chi connectivity index (χ3n) is 15.1. The third-order valence-corrected chi connectivity index (χ3v) is 16.0. The molecule has 8 heterocycles. The lowest BCUT2D eigenvalue weighted by molar-refractivity contribution is -0.112. The predicted molar refractivity (Wildman–Crippen MR) is 318 cm³/mol. The lowest BCUT2D eigenvalue weighted by Crippen LogP contribution is -2.32. The molecule has 6 aliphatic rings. The highest BCUT2D eigenvalue weighted by molar-refractivity contribution is 9.09. The normalized spacial score (nSPS) is 22.4. The first-order valence-electron chi connectivity index (χ1n) is 28.1. The molecule has 16 nitrogen and oxygen atoms in total. The van der Waals surface area contributed by atoms with Crippen LogP contribution < -0.4 is 36.1 Å². The first-order chi connectivity index (χ1) is 39.5. The smallest absolute Gasteiger partial charge is 0.248 e. The summed E-state index contributed by atoms with van der Waals surface area (Å²) in [6, 6.07) is 16.0. The van der Waals surface area contributed by atoms with Gasteiger partial charge < -0.3 is 45.5 Å². The van der Waals surface area contributed by atoms with Crippen molar-refractivity contribution in [1.29, 1.82) is 0 Å². The van der Waals surface area contributed by atoms with E-state index >= 15 is 0 Å². The number of halogens is 5. The van der Waals surface area contributed by atoms with Crippen LogP contribution in [-0.2, 0) is 19.1 Å². The number of ether oxygens (including phenoxy) is 4. The van der Waals surface area contributed by atoms with E-state index in [-0.39, 0.29) is 58.5 Å². The Balaban J connectivity index is 0.000000166. The van der Waals surface area contributed by atoms with Crippen molar-refractivity contribution in [1.82, 2.24) is 30.2 Å². The van der Waals surface area contributed by atoms with Gasteiger partial charge in [-0.05, 0) is 126 Å². The molecule has 428 valence electrons. The minimum Gasteiger partial charge on any atom is -0.488 e. The highest BCUT2D eigenvalue weighted by Crippen LogP contribution is 2.41. The van der Waals surface area contributed by atoms with Gasteiger partial charge in [-0.2, -0.15) is 0 Å². The van der Waals surface area contributed by atoms with Crippen molar-refractivity contribution in [3.63, 3.8) is 0 Å². The maximum absolute atomic E-state index is 13.7. The van der Waals surface area contributed by atoms with Gasteiger partial charge in [-0.25, -0.2) is 28.7 Å². The van der Waals surface area contributed by atoms with Crippen LogP contribution in [0.1, 0.15) is 89.9 Å². The second kappa shape index (κ2) is 28.3. The molecule has 2 aromatic heterocycles. The van der Waals surface area contributed by atoms with E-state index in [0.717, 1.165) is 71.0 Å². The van der Waals surface area contributed by atoms with E-state index in [1.54, 1.807) is 36.4 Å². The van der Waals surface area contributed by atoms with Gasteiger partial charge in [-0.15, -0.1) is 0 Å². The summed E-state index contributed by atoms with van der Waals surface area (Å²) in [5.74, 6) is 0.572. The molecular weight excluding hydrogens is 1150 g/mol. The van der Waals surface area contributed by atoms with E-state index in [9.17, 15) is 18.4 Å². The number of anilines is 6. The molecular formula is C60H67BrCl2F2N10O6. The fraction of sp³-hybridized carbons (Fsp3) is 0.433. The summed E-state index contributed by atoms with van der Waals surface area (Å²) in [4.78, 5) is 45.5. The highest BCUT2D eigenvalue weighted by atomic mass is 79.9. The number of aromatic nitrogens is 4. The van der Waals surface area contributed by atoms with E-state index in [2.05, 4.69) is 67.3 Å². The van der Waals surface area contributed by atoms with Crippen molar-refractivity contribution in [3.05, 3.63) is 119 Å². The van der Waals surface area contributed by atoms with Crippen molar-refractivity contribution in [3.8, 4) is 11.5 Å². The summed E-state index contributed by atoms with van der Waals surface area (Å²) < 4.78 is 52.1. The Morgan fingerprint density at radius 2 is 1.09 bits per heavy atom. The average molecular weight is 1210 g/mol. The van der Waals surface area contributed by atoms with Crippen molar-refractivity contribution in [2.24, 2.45) is 0 Å². The van der Waals surface area contributed by atoms with Crippen LogP contribution in [0.3, 0.4) is 0 Å². The van der Waals surface area contributed by atoms with E-state index in [1.807, 2.05) is 18.2 Å². The number of hydrogen-bond acceptors (Lipinski definition) is 14. The molecule has 6 aromatic rings. The molecule has 21 heteroatoms. The lowest BCUT2D eigenvalue weighted by Gasteiger charge is -2.29. The van der Waals surface area contributed by atoms with Crippen LogP contribution in [0.2, 0.25) is 10.0 Å². The number of benzene rings is 4. The molecule has 4 aromatic carbocycles. The number of nitrogens with one attached hydrogen (secondary N) is 5. The minimum atomic E-state index is -0.505. The van der Waals surface area contributed by atoms with Crippen LogP contribution in [-0.4, -0.2) is 111 Å². The average Bonchev–Trinajstić information content (AvgIpc) is 4.02. The lowest BCUT2D eigenvalue weighted by atomic mass is 10.1. The molecule has 6 saturated heterocycles. The zero-order valence-electron chi connectivity index (χ0n) is 44.9. The molecule has 6 fully saturated rings. The number of rotatable bonds is 15. The topological polar surface area (TPSA) is 186 Å². The number of hydrogen-bond donors (Lipinski definition) is 5. The fourth-order valence-corrected chi connectivity index (χ4v) is 11.7. The van der Waals surface area contributed by atoms with Crippen LogP contribution in [0.4, 0.5) is 43.2 Å². The summed E-state index contributed by atoms with van der Waals surface area (Å²) in [6.07, 6.45) is 25.8. The Morgan fingerprint density at radius 3 is 1.51 bits per heavy atom. The minimum absolute atomic E-state index is 0.000933. The third kappa shape index (κ3) is 16.1. The van der Waals surface area contributed by atoms with Crippen molar-refractivity contribution >= 4 is 107 Å². The van der Waals surface area contributed by atoms with Gasteiger partial charge in [0.2, 0.25) is 11.8 Å². The zero-order valence-corrected chi connectivity index (χ0v) is 48.0. The number of nitrogens with zero attached hydrogens (tertiary/aromatic N) is 5. The second-order valence-corrected chi connectivity index (χ2v) is 22.6. The zero-order chi connectivity index (χ0) is 56.1. The summed E-state index contributed by atoms with van der Waals surface area (Å²) in [7, 11) is 0. The Bertz CT molecular complexity index is 3190. The standard InChI is InChI=1S/C30H33ClFN5O3.C25H23BrClFN4O3.C5H11N/c31-24-13-19(6-9-25(24)32)35-30-23-16-27(36-29(38)5-4-12-37-10-2-1-3-11-37)28(17-26(23)33-18-34-30)40-22-14-20-7-8-21(15-22)39-20;26-7-1-2-24(33)32-22-11-18-21(12-23(22)35-17-9-15-4-5-16(10-17)34-15)29-13-30-25(18)31-14-3-6-20(28)19(27)8-14;1-2-4-6-5-3-1/h4-6,9,13,16-18,20-22H,1-3,7-8,10-12,14-15H2,(H,36,38)(H,33,34,35);1-3,6,8,11-13,15-17H,4-5,7,9-10H2,(H,32,33)(H,29,30,31);6H,1-5H2/b5-4+;2-1+;. The number of piperidine rings is 2. The van der Waals surface area contributed by atoms with Gasteiger partial charge in [0.05, 0.1) is 56.9 Å². The molecule has 12 rings (SSSR count). The molecule has 0 aliphatic carbocycles. The maximum Gasteiger partial charge on any atom is 0.248 e. The molecule has 0 saturated carbocycles. The van der Waals surface area contributed by atoms with Crippen LogP contribution in [0.15, 0.2) is 97.6 Å². The Hall–Kier alpha value is -6.06. The van der Waals surface area contributed by atoms with Gasteiger partial charge in [-0.3, -0.25) is 14.5 Å². The number of likely N-dealkylation sites (tertiary alicyclic amines) is 1. The van der Waals surface area contributed by atoms with Crippen LogP contribution >= 0.6 is 39.1 Å².